The number of benzene rings is 1. The summed E-state index contributed by atoms with van der Waals surface area (Å²) < 4.78 is 42.4. The molecule has 2 aromatic rings. The standard InChI is InChI=1S/C17H19N5O7S.H2O/c1-9-4-5-12(14(23)29-11-7-28-8-11)13(6-9)30(25,26)22-16(24)20-15-18-10(2)19-17(21-15)27-3;/h4-6,11H,7-8H2,1-3H3,(H2,18,19,20,21,22,24);1H2. The third-order valence-electron chi connectivity index (χ3n) is 3.89. The molecule has 0 aliphatic carbocycles. The second-order valence-corrected chi connectivity index (χ2v) is 7.97. The lowest BCUT2D eigenvalue weighted by atomic mass is 10.1. The van der Waals surface area contributed by atoms with Gasteiger partial charge < -0.3 is 19.7 Å². The van der Waals surface area contributed by atoms with Gasteiger partial charge in [0, 0.05) is 0 Å². The molecule has 2 amide bonds. The first-order valence-corrected chi connectivity index (χ1v) is 10.2. The van der Waals surface area contributed by atoms with Crippen molar-refractivity contribution in [3.05, 3.63) is 35.2 Å². The van der Waals surface area contributed by atoms with E-state index in [-0.39, 0.29) is 42.0 Å². The van der Waals surface area contributed by atoms with Crippen molar-refractivity contribution in [2.24, 2.45) is 0 Å². The number of sulfonamides is 1. The number of methoxy groups -OCH3 is 1. The number of urea groups is 1. The first-order chi connectivity index (χ1) is 14.2. The van der Waals surface area contributed by atoms with Crippen molar-refractivity contribution < 1.29 is 37.7 Å². The molecular formula is C17H21N5O8S. The van der Waals surface area contributed by atoms with Crippen molar-refractivity contribution in [1.82, 2.24) is 19.7 Å². The molecule has 1 aromatic heterocycles. The van der Waals surface area contributed by atoms with E-state index in [4.69, 9.17) is 14.2 Å². The van der Waals surface area contributed by atoms with Gasteiger partial charge in [-0.25, -0.2) is 22.7 Å². The van der Waals surface area contributed by atoms with Gasteiger partial charge in [0.2, 0.25) is 5.95 Å². The van der Waals surface area contributed by atoms with Crippen LogP contribution in [-0.2, 0) is 19.5 Å². The summed E-state index contributed by atoms with van der Waals surface area (Å²) in [6.07, 6.45) is -0.437. The van der Waals surface area contributed by atoms with E-state index in [1.54, 1.807) is 19.9 Å². The van der Waals surface area contributed by atoms with E-state index in [2.05, 4.69) is 20.3 Å². The molecule has 1 aliphatic heterocycles. The number of hydrogen-bond acceptors (Lipinski definition) is 10. The van der Waals surface area contributed by atoms with Crippen LogP contribution in [0.4, 0.5) is 10.7 Å². The highest BCUT2D eigenvalue weighted by molar-refractivity contribution is 7.90. The molecule has 1 aliphatic rings. The zero-order chi connectivity index (χ0) is 21.9. The lowest BCUT2D eigenvalue weighted by Gasteiger charge is -2.26. The van der Waals surface area contributed by atoms with Gasteiger partial charge in [-0.2, -0.15) is 15.0 Å². The van der Waals surface area contributed by atoms with Crippen LogP contribution in [0.1, 0.15) is 21.7 Å². The molecule has 0 saturated carbocycles. The van der Waals surface area contributed by atoms with Crippen molar-refractivity contribution in [2.45, 2.75) is 24.8 Å². The molecule has 3 rings (SSSR count). The molecule has 168 valence electrons. The Balaban J connectivity index is 0.00000341. The number of rotatable bonds is 6. The van der Waals surface area contributed by atoms with E-state index in [0.29, 0.717) is 5.56 Å². The minimum absolute atomic E-state index is 0. The van der Waals surface area contributed by atoms with Gasteiger partial charge in [-0.3, -0.25) is 5.32 Å². The fraction of sp³-hybridized carbons (Fsp3) is 0.353. The van der Waals surface area contributed by atoms with Crippen molar-refractivity contribution >= 4 is 28.0 Å². The van der Waals surface area contributed by atoms with Crippen LogP contribution in [0.25, 0.3) is 0 Å². The molecule has 14 heteroatoms. The third kappa shape index (κ3) is 5.84. The fourth-order valence-corrected chi connectivity index (χ4v) is 3.61. The summed E-state index contributed by atoms with van der Waals surface area (Å²) in [5, 5.41) is 2.19. The van der Waals surface area contributed by atoms with Crippen LogP contribution in [0.5, 0.6) is 6.01 Å². The zero-order valence-electron chi connectivity index (χ0n) is 16.8. The number of aromatic nitrogens is 3. The Kier molecular flexibility index (Phi) is 7.43. The number of ether oxygens (including phenoxy) is 3. The summed E-state index contributed by atoms with van der Waals surface area (Å²) in [5.74, 6) is -0.786. The Morgan fingerprint density at radius 1 is 1.16 bits per heavy atom. The van der Waals surface area contributed by atoms with E-state index in [1.807, 2.05) is 4.72 Å². The Morgan fingerprint density at radius 2 is 1.87 bits per heavy atom. The monoisotopic (exact) mass is 455 g/mol. The number of carbonyl (C=O) groups excluding carboxylic acids is 2. The number of amides is 2. The number of carbonyl (C=O) groups is 2. The smallest absolute Gasteiger partial charge is 0.339 e. The maximum Gasteiger partial charge on any atom is 0.339 e. The van der Waals surface area contributed by atoms with E-state index >= 15 is 0 Å². The second kappa shape index (κ2) is 9.63. The molecule has 0 unspecified atom stereocenters. The average molecular weight is 455 g/mol. The van der Waals surface area contributed by atoms with E-state index in [0.717, 1.165) is 0 Å². The lowest BCUT2D eigenvalue weighted by molar-refractivity contribution is -0.103. The van der Waals surface area contributed by atoms with Crippen molar-refractivity contribution in [1.29, 1.82) is 0 Å². The summed E-state index contributed by atoms with van der Waals surface area (Å²) in [6, 6.07) is 2.97. The highest BCUT2D eigenvalue weighted by Gasteiger charge is 2.29. The van der Waals surface area contributed by atoms with Crippen molar-refractivity contribution in [2.75, 3.05) is 25.6 Å². The lowest BCUT2D eigenvalue weighted by Crippen LogP contribution is -2.39. The molecule has 0 radical (unpaired) electrons. The van der Waals surface area contributed by atoms with Gasteiger partial charge in [-0.15, -0.1) is 0 Å². The molecule has 1 fully saturated rings. The second-order valence-electron chi connectivity index (χ2n) is 6.32. The quantitative estimate of drug-likeness (QED) is 0.548. The average Bonchev–Trinajstić information content (AvgIpc) is 2.63. The van der Waals surface area contributed by atoms with Crippen molar-refractivity contribution in [3.63, 3.8) is 0 Å². The Morgan fingerprint density at radius 3 is 2.48 bits per heavy atom. The summed E-state index contributed by atoms with van der Waals surface area (Å²) in [6.45, 7) is 3.68. The number of esters is 1. The number of nitrogens with zero attached hydrogens (tertiary/aromatic N) is 3. The maximum atomic E-state index is 12.8. The van der Waals surface area contributed by atoms with Crippen LogP contribution in [0.3, 0.4) is 0 Å². The molecule has 0 bridgehead atoms. The number of aryl methyl sites for hydroxylation is 2. The normalized spacial score (nSPS) is 13.4. The van der Waals surface area contributed by atoms with Crippen LogP contribution >= 0.6 is 0 Å². The molecule has 31 heavy (non-hydrogen) atoms. The molecule has 13 nitrogen and oxygen atoms in total. The Bertz CT molecular complexity index is 1090. The van der Waals surface area contributed by atoms with Gasteiger partial charge in [0.1, 0.15) is 16.8 Å². The molecular weight excluding hydrogens is 434 g/mol. The van der Waals surface area contributed by atoms with Gasteiger partial charge in [-0.1, -0.05) is 6.07 Å². The molecule has 1 saturated heterocycles. The maximum absolute atomic E-state index is 12.8. The minimum Gasteiger partial charge on any atom is -0.467 e. The predicted octanol–water partition coefficient (Wildman–Crippen LogP) is -0.262. The summed E-state index contributed by atoms with van der Waals surface area (Å²) in [7, 11) is -3.09. The Labute approximate surface area is 177 Å². The van der Waals surface area contributed by atoms with E-state index in [1.165, 1.54) is 19.2 Å². The molecule has 4 N–H and O–H groups in total. The van der Waals surface area contributed by atoms with E-state index in [9.17, 15) is 18.0 Å². The van der Waals surface area contributed by atoms with Crippen LogP contribution < -0.4 is 14.8 Å². The van der Waals surface area contributed by atoms with Crippen molar-refractivity contribution in [3.8, 4) is 6.01 Å². The minimum atomic E-state index is -4.42. The van der Waals surface area contributed by atoms with Gasteiger partial charge in [0.15, 0.2) is 0 Å². The van der Waals surface area contributed by atoms with Crippen LogP contribution in [0, 0.1) is 13.8 Å². The number of anilines is 1. The summed E-state index contributed by atoms with van der Waals surface area (Å²) >= 11 is 0. The third-order valence-corrected chi connectivity index (χ3v) is 5.26. The highest BCUT2D eigenvalue weighted by atomic mass is 32.2. The van der Waals surface area contributed by atoms with Gasteiger partial charge in [-0.05, 0) is 31.5 Å². The first-order valence-electron chi connectivity index (χ1n) is 8.68. The van der Waals surface area contributed by atoms with Crippen LogP contribution in [0.15, 0.2) is 23.1 Å². The molecule has 1 aromatic carbocycles. The highest BCUT2D eigenvalue weighted by Crippen LogP contribution is 2.20. The SMILES string of the molecule is COc1nc(C)nc(NC(=O)NS(=O)(=O)c2cc(C)ccc2C(=O)OC2COC2)n1.O. The van der Waals surface area contributed by atoms with Crippen LogP contribution in [0.2, 0.25) is 0 Å². The molecule has 0 atom stereocenters. The van der Waals surface area contributed by atoms with E-state index < -0.39 is 33.0 Å². The van der Waals surface area contributed by atoms with Gasteiger partial charge in [0.25, 0.3) is 10.0 Å². The topological polar surface area (TPSA) is 190 Å². The summed E-state index contributed by atoms with van der Waals surface area (Å²) in [4.78, 5) is 35.8. The fourth-order valence-electron chi connectivity index (χ4n) is 2.43. The largest absolute Gasteiger partial charge is 0.467 e. The zero-order valence-corrected chi connectivity index (χ0v) is 17.6. The summed E-state index contributed by atoms with van der Waals surface area (Å²) in [5.41, 5.74) is 0.364. The first kappa shape index (κ1) is 23.9. The van der Waals surface area contributed by atoms with Crippen LogP contribution in [-0.4, -0.2) is 67.3 Å². The molecule has 2 heterocycles. The van der Waals surface area contributed by atoms with Gasteiger partial charge in [0.05, 0.1) is 25.9 Å². The number of nitrogens with one attached hydrogen (secondary N) is 2. The number of hydrogen-bond donors (Lipinski definition) is 2. The Hall–Kier alpha value is -3.36. The van der Waals surface area contributed by atoms with Gasteiger partial charge >= 0.3 is 18.0 Å². The molecule has 0 spiro atoms. The predicted molar refractivity (Wildman–Crippen MR) is 105 cm³/mol.